The first-order valence-electron chi connectivity index (χ1n) is 8.31. The highest BCUT2D eigenvalue weighted by Gasteiger charge is 2.33. The van der Waals surface area contributed by atoms with Gasteiger partial charge >= 0.3 is 24.6 Å². The normalized spacial score (nSPS) is 13.6. The second kappa shape index (κ2) is 11.2. The second-order valence-corrected chi connectivity index (χ2v) is 6.24. The van der Waals surface area contributed by atoms with Gasteiger partial charge < -0.3 is 20.5 Å². The third-order valence-electron chi connectivity index (χ3n) is 2.97. The number of alkyl halides is 9. The number of carbonyl (C=O) groups excluding carboxylic acids is 1. The van der Waals surface area contributed by atoms with Gasteiger partial charge in [0, 0.05) is 0 Å². The van der Waals surface area contributed by atoms with Crippen molar-refractivity contribution in [2.45, 2.75) is 18.5 Å². The first-order valence-corrected chi connectivity index (χ1v) is 8.69. The van der Waals surface area contributed by atoms with Crippen LogP contribution >= 0.6 is 11.6 Å². The zero-order valence-electron chi connectivity index (χ0n) is 16.3. The Morgan fingerprint density at radius 2 is 1.62 bits per heavy atom. The summed E-state index contributed by atoms with van der Waals surface area (Å²) in [5.74, 6) is -3.16. The van der Waals surface area contributed by atoms with Crippen molar-refractivity contribution in [3.8, 4) is 0 Å². The quantitative estimate of drug-likeness (QED) is 0.207. The van der Waals surface area contributed by atoms with Crippen LogP contribution in [0.1, 0.15) is 5.69 Å². The lowest BCUT2D eigenvalue weighted by Gasteiger charge is -2.15. The fourth-order valence-corrected chi connectivity index (χ4v) is 1.85. The molecule has 34 heavy (non-hydrogen) atoms. The maximum absolute atomic E-state index is 12.5. The summed E-state index contributed by atoms with van der Waals surface area (Å²) in [5.41, 5.74) is 3.69. The molecule has 0 saturated carbocycles. The highest BCUT2D eigenvalue weighted by atomic mass is 35.5. The number of aromatic nitrogens is 1. The fourth-order valence-electron chi connectivity index (χ4n) is 1.70. The summed E-state index contributed by atoms with van der Waals surface area (Å²) in [6, 6.07) is 0.212. The fraction of sp³-hybridized carbons (Fsp3) is 0.312. The number of carbonyl (C=O) groups is 1. The Hall–Kier alpha value is -3.37. The molecule has 0 atom stereocenters. The van der Waals surface area contributed by atoms with E-state index < -0.39 is 66.1 Å². The van der Waals surface area contributed by atoms with Gasteiger partial charge in [0.2, 0.25) is 11.8 Å². The molecular formula is C16H13ClF9N5O3. The summed E-state index contributed by atoms with van der Waals surface area (Å²) in [5, 5.41) is 2.78. The molecule has 2 amide bonds. The van der Waals surface area contributed by atoms with E-state index in [1.165, 1.54) is 0 Å². The molecule has 1 aromatic rings. The van der Waals surface area contributed by atoms with Gasteiger partial charge in [0.05, 0.1) is 11.9 Å². The van der Waals surface area contributed by atoms with E-state index in [0.29, 0.717) is 12.3 Å². The molecule has 1 aromatic heterocycles. The number of hydrogen-bond donors (Lipinski definition) is 3. The van der Waals surface area contributed by atoms with Gasteiger partial charge in [-0.3, -0.25) is 5.32 Å². The summed E-state index contributed by atoms with van der Waals surface area (Å²) >= 11 is 5.59. The van der Waals surface area contributed by atoms with E-state index in [1.807, 2.05) is 10.6 Å². The lowest BCUT2D eigenvalue weighted by Crippen LogP contribution is -2.29. The molecule has 8 nitrogen and oxygen atoms in total. The Morgan fingerprint density at radius 3 is 2.09 bits per heavy atom. The van der Waals surface area contributed by atoms with Crippen molar-refractivity contribution in [2.24, 2.45) is 10.7 Å². The highest BCUT2D eigenvalue weighted by Crippen LogP contribution is 2.27. The first kappa shape index (κ1) is 28.7. The Kier molecular flexibility index (Phi) is 9.42. The predicted octanol–water partition coefficient (Wildman–Crippen LogP) is 4.62. The Balaban J connectivity index is 2.96. The zero-order valence-corrected chi connectivity index (χ0v) is 17.1. The Bertz CT molecular complexity index is 941. The van der Waals surface area contributed by atoms with E-state index in [0.717, 1.165) is 6.07 Å². The standard InChI is InChI=1S/C16H13ClF9N5O3/c1-7(30-13(32)31-8-2-3-9(28-4-8)16(24,25)26)29-12(34-6-15(21,22)23)10(17)11(27)33-5-14(18,19)20/h2-4H,1,5-6,27H2,(H2,30,31,32)/b11-10-,29-12+. The van der Waals surface area contributed by atoms with E-state index in [9.17, 15) is 44.3 Å². The summed E-state index contributed by atoms with van der Waals surface area (Å²) in [6.07, 6.45) is -13.9. The van der Waals surface area contributed by atoms with Crippen LogP contribution in [0.3, 0.4) is 0 Å². The smallest absolute Gasteiger partial charge is 0.433 e. The van der Waals surface area contributed by atoms with Crippen LogP contribution in [0.25, 0.3) is 0 Å². The topological polar surface area (TPSA) is 111 Å². The summed E-state index contributed by atoms with van der Waals surface area (Å²) < 4.78 is 120. The molecule has 0 unspecified atom stereocenters. The molecule has 4 N–H and O–H groups in total. The van der Waals surface area contributed by atoms with E-state index in [4.69, 9.17) is 17.3 Å². The molecule has 18 heteroatoms. The molecule has 0 fully saturated rings. The van der Waals surface area contributed by atoms with Crippen molar-refractivity contribution >= 4 is 29.2 Å². The number of hydrogen-bond acceptors (Lipinski definition) is 6. The molecule has 0 aliphatic heterocycles. The Labute approximate surface area is 189 Å². The SMILES string of the molecule is C=C(/N=C(OCC(F)(F)F)\C(Cl)=C(/N)OCC(F)(F)F)NC(=O)Nc1ccc(C(F)(F)F)nc1. The van der Waals surface area contributed by atoms with E-state index in [-0.39, 0.29) is 5.69 Å². The largest absolute Gasteiger partial charge is 0.468 e. The average Bonchev–Trinajstić information content (AvgIpc) is 2.67. The number of rotatable bonds is 7. The number of aliphatic imine (C=N–C) groups is 1. The zero-order chi connectivity index (χ0) is 26.3. The molecule has 190 valence electrons. The van der Waals surface area contributed by atoms with Gasteiger partial charge in [-0.05, 0) is 12.1 Å². The summed E-state index contributed by atoms with van der Waals surface area (Å²) in [7, 11) is 0. The van der Waals surface area contributed by atoms with Crippen molar-refractivity contribution in [1.82, 2.24) is 10.3 Å². The third-order valence-corrected chi connectivity index (χ3v) is 3.32. The van der Waals surface area contributed by atoms with Gasteiger partial charge in [-0.2, -0.15) is 44.5 Å². The van der Waals surface area contributed by atoms with Gasteiger partial charge in [0.15, 0.2) is 18.2 Å². The first-order chi connectivity index (χ1) is 15.4. The second-order valence-electron chi connectivity index (χ2n) is 5.86. The molecule has 0 radical (unpaired) electrons. The number of nitrogens with one attached hydrogen (secondary N) is 2. The van der Waals surface area contributed by atoms with Crippen molar-refractivity contribution < 1.29 is 53.8 Å². The number of nitrogens with zero attached hydrogens (tertiary/aromatic N) is 2. The molecule has 0 aromatic carbocycles. The number of amides is 2. The molecular weight excluding hydrogens is 517 g/mol. The number of urea groups is 1. The number of nitrogens with two attached hydrogens (primary N) is 1. The summed E-state index contributed by atoms with van der Waals surface area (Å²) in [4.78, 5) is 18.3. The molecule has 0 aliphatic carbocycles. The van der Waals surface area contributed by atoms with E-state index in [1.54, 1.807) is 0 Å². The summed E-state index contributed by atoms with van der Waals surface area (Å²) in [6.45, 7) is -0.783. The number of ether oxygens (including phenoxy) is 2. The van der Waals surface area contributed by atoms with Gasteiger partial charge in [0.1, 0.15) is 11.5 Å². The average molecular weight is 530 g/mol. The van der Waals surface area contributed by atoms with Crippen LogP contribution in [0.4, 0.5) is 50.0 Å². The number of anilines is 1. The monoisotopic (exact) mass is 529 g/mol. The number of pyridine rings is 1. The minimum Gasteiger partial charge on any atom is -0.468 e. The maximum atomic E-state index is 12.5. The van der Waals surface area contributed by atoms with Crippen LogP contribution in [0.5, 0.6) is 0 Å². The molecule has 0 spiro atoms. The lowest BCUT2D eigenvalue weighted by atomic mass is 10.3. The van der Waals surface area contributed by atoms with Gasteiger partial charge in [-0.1, -0.05) is 18.2 Å². The van der Waals surface area contributed by atoms with Gasteiger partial charge in [-0.25, -0.2) is 9.78 Å². The lowest BCUT2D eigenvalue weighted by molar-refractivity contribution is -0.165. The van der Waals surface area contributed by atoms with Gasteiger partial charge in [0.25, 0.3) is 0 Å². The van der Waals surface area contributed by atoms with Crippen LogP contribution in [0, 0.1) is 0 Å². The van der Waals surface area contributed by atoms with Crippen LogP contribution in [0.2, 0.25) is 0 Å². The predicted molar refractivity (Wildman–Crippen MR) is 99.0 cm³/mol. The molecule has 0 saturated heterocycles. The third kappa shape index (κ3) is 11.0. The number of halogens is 10. The van der Waals surface area contributed by atoms with Crippen LogP contribution < -0.4 is 16.4 Å². The van der Waals surface area contributed by atoms with Crippen LogP contribution in [0.15, 0.2) is 46.6 Å². The molecule has 0 bridgehead atoms. The van der Waals surface area contributed by atoms with Crippen LogP contribution in [-0.2, 0) is 15.7 Å². The highest BCUT2D eigenvalue weighted by molar-refractivity contribution is 6.42. The van der Waals surface area contributed by atoms with Crippen molar-refractivity contribution in [2.75, 3.05) is 18.5 Å². The van der Waals surface area contributed by atoms with E-state index in [2.05, 4.69) is 26.0 Å². The molecule has 1 rings (SSSR count). The molecule has 0 aliphatic rings. The van der Waals surface area contributed by atoms with Crippen molar-refractivity contribution in [3.63, 3.8) is 0 Å². The minimum absolute atomic E-state index is 0.224. The van der Waals surface area contributed by atoms with Crippen LogP contribution in [-0.4, -0.2) is 42.5 Å². The van der Waals surface area contributed by atoms with Crippen molar-refractivity contribution in [1.29, 1.82) is 0 Å². The minimum atomic E-state index is -4.93. The Morgan fingerprint density at radius 1 is 1.06 bits per heavy atom. The maximum Gasteiger partial charge on any atom is 0.433 e. The van der Waals surface area contributed by atoms with Gasteiger partial charge in [-0.15, -0.1) is 0 Å². The van der Waals surface area contributed by atoms with Crippen molar-refractivity contribution in [3.05, 3.63) is 47.3 Å². The van der Waals surface area contributed by atoms with E-state index >= 15 is 0 Å². The molecule has 1 heterocycles.